The lowest BCUT2D eigenvalue weighted by Crippen LogP contribution is -2.29. The van der Waals surface area contributed by atoms with E-state index in [2.05, 4.69) is 5.10 Å². The third kappa shape index (κ3) is 2.43. The standard InChI is InChI=1S/C13H14N4O3S/c1-16-6-5-11(15-16)13(18)17-7-4-9-8-10(21(14,19)20)2-3-12(9)17/h2-3,5-6,8H,4,7H2,1H3,(H2,14,19,20). The Morgan fingerprint density at radius 2 is 2.10 bits per heavy atom. The Bertz CT molecular complexity index is 826. The van der Waals surface area contributed by atoms with Gasteiger partial charge in [-0.05, 0) is 36.2 Å². The van der Waals surface area contributed by atoms with Crippen molar-refractivity contribution in [3.63, 3.8) is 0 Å². The normalized spacial score (nSPS) is 14.3. The lowest BCUT2D eigenvalue weighted by molar-refractivity contribution is 0.0984. The summed E-state index contributed by atoms with van der Waals surface area (Å²) < 4.78 is 24.3. The molecule has 2 N–H and O–H groups in total. The van der Waals surface area contributed by atoms with E-state index in [0.29, 0.717) is 24.3 Å². The number of hydrogen-bond donors (Lipinski definition) is 1. The molecule has 1 aliphatic heterocycles. The fourth-order valence-corrected chi connectivity index (χ4v) is 3.00. The summed E-state index contributed by atoms with van der Waals surface area (Å²) >= 11 is 0. The molecule has 1 aromatic heterocycles. The lowest BCUT2D eigenvalue weighted by Gasteiger charge is -2.16. The summed E-state index contributed by atoms with van der Waals surface area (Å²) in [6.07, 6.45) is 2.30. The zero-order valence-corrected chi connectivity index (χ0v) is 12.2. The number of nitrogens with two attached hydrogens (primary N) is 1. The van der Waals surface area contributed by atoms with Gasteiger partial charge < -0.3 is 4.90 Å². The second-order valence-electron chi connectivity index (χ2n) is 4.92. The van der Waals surface area contributed by atoms with Crippen LogP contribution < -0.4 is 10.0 Å². The van der Waals surface area contributed by atoms with Gasteiger partial charge in [-0.2, -0.15) is 5.10 Å². The SMILES string of the molecule is Cn1ccc(C(=O)N2CCc3cc(S(N)(=O)=O)ccc32)n1. The van der Waals surface area contributed by atoms with Gasteiger partial charge in [0.15, 0.2) is 5.69 Å². The fraction of sp³-hybridized carbons (Fsp3) is 0.231. The summed E-state index contributed by atoms with van der Waals surface area (Å²) in [6.45, 7) is 0.499. The second-order valence-corrected chi connectivity index (χ2v) is 6.48. The van der Waals surface area contributed by atoms with E-state index in [1.54, 1.807) is 35.0 Å². The van der Waals surface area contributed by atoms with E-state index < -0.39 is 10.0 Å². The summed E-state index contributed by atoms with van der Waals surface area (Å²) in [7, 11) is -1.99. The van der Waals surface area contributed by atoms with Crippen molar-refractivity contribution in [2.75, 3.05) is 11.4 Å². The zero-order chi connectivity index (χ0) is 15.2. The average Bonchev–Trinajstić information content (AvgIpc) is 3.02. The maximum atomic E-state index is 12.4. The largest absolute Gasteiger partial charge is 0.306 e. The number of carbonyl (C=O) groups excluding carboxylic acids is 1. The Morgan fingerprint density at radius 1 is 1.33 bits per heavy atom. The van der Waals surface area contributed by atoms with Crippen LogP contribution in [-0.2, 0) is 23.5 Å². The monoisotopic (exact) mass is 306 g/mol. The summed E-state index contributed by atoms with van der Waals surface area (Å²) in [5, 5.41) is 9.21. The Morgan fingerprint density at radius 3 is 2.71 bits per heavy atom. The van der Waals surface area contributed by atoms with Crippen LogP contribution >= 0.6 is 0 Å². The number of nitrogens with zero attached hydrogens (tertiary/aromatic N) is 3. The predicted octanol–water partition coefficient (Wildman–Crippen LogP) is 0.270. The van der Waals surface area contributed by atoms with E-state index in [9.17, 15) is 13.2 Å². The number of fused-ring (bicyclic) bond motifs is 1. The van der Waals surface area contributed by atoms with Gasteiger partial charge in [0, 0.05) is 25.5 Å². The molecule has 1 aliphatic rings. The number of primary sulfonamides is 1. The molecule has 1 aromatic carbocycles. The number of aromatic nitrogens is 2. The number of amides is 1. The van der Waals surface area contributed by atoms with Crippen LogP contribution in [0.1, 0.15) is 16.1 Å². The summed E-state index contributed by atoms with van der Waals surface area (Å²) in [5.41, 5.74) is 1.87. The molecule has 0 saturated carbocycles. The number of anilines is 1. The van der Waals surface area contributed by atoms with Gasteiger partial charge in [-0.1, -0.05) is 0 Å². The van der Waals surface area contributed by atoms with E-state index in [0.717, 1.165) is 5.56 Å². The second kappa shape index (κ2) is 4.68. The van der Waals surface area contributed by atoms with Crippen molar-refractivity contribution in [1.29, 1.82) is 0 Å². The van der Waals surface area contributed by atoms with Crippen LogP contribution in [0.3, 0.4) is 0 Å². The fourth-order valence-electron chi connectivity index (χ4n) is 2.43. The Hall–Kier alpha value is -2.19. The molecule has 0 aliphatic carbocycles. The van der Waals surface area contributed by atoms with Crippen LogP contribution in [0.4, 0.5) is 5.69 Å². The van der Waals surface area contributed by atoms with Crippen molar-refractivity contribution in [2.45, 2.75) is 11.3 Å². The van der Waals surface area contributed by atoms with Crippen molar-refractivity contribution < 1.29 is 13.2 Å². The first-order valence-corrected chi connectivity index (χ1v) is 7.88. The van der Waals surface area contributed by atoms with Crippen LogP contribution in [0.2, 0.25) is 0 Å². The minimum Gasteiger partial charge on any atom is -0.306 e. The van der Waals surface area contributed by atoms with E-state index in [-0.39, 0.29) is 10.8 Å². The third-order valence-electron chi connectivity index (χ3n) is 3.45. The molecule has 1 amide bonds. The summed E-state index contributed by atoms with van der Waals surface area (Å²) in [4.78, 5) is 14.1. The highest BCUT2D eigenvalue weighted by Crippen LogP contribution is 2.30. The molecule has 0 radical (unpaired) electrons. The molecule has 0 atom stereocenters. The molecular formula is C13H14N4O3S. The minimum absolute atomic E-state index is 0.0633. The van der Waals surface area contributed by atoms with Crippen molar-refractivity contribution >= 4 is 21.6 Å². The highest BCUT2D eigenvalue weighted by Gasteiger charge is 2.27. The highest BCUT2D eigenvalue weighted by molar-refractivity contribution is 7.89. The maximum Gasteiger partial charge on any atom is 0.278 e. The molecule has 0 fully saturated rings. The van der Waals surface area contributed by atoms with Gasteiger partial charge in [-0.3, -0.25) is 9.48 Å². The van der Waals surface area contributed by atoms with Crippen LogP contribution in [0.5, 0.6) is 0 Å². The van der Waals surface area contributed by atoms with Gasteiger partial charge in [0.25, 0.3) is 5.91 Å². The molecule has 21 heavy (non-hydrogen) atoms. The van der Waals surface area contributed by atoms with Crippen LogP contribution in [0, 0.1) is 0 Å². The first kappa shape index (κ1) is 13.8. The van der Waals surface area contributed by atoms with Crippen LogP contribution in [-0.4, -0.2) is 30.7 Å². The number of aryl methyl sites for hydroxylation is 1. The predicted molar refractivity (Wildman–Crippen MR) is 76.4 cm³/mol. The maximum absolute atomic E-state index is 12.4. The molecule has 0 saturated heterocycles. The smallest absolute Gasteiger partial charge is 0.278 e. The molecule has 110 valence electrons. The first-order chi connectivity index (χ1) is 9.86. The van der Waals surface area contributed by atoms with Gasteiger partial charge in [0.05, 0.1) is 4.90 Å². The number of rotatable bonds is 2. The topological polar surface area (TPSA) is 98.3 Å². The number of benzene rings is 1. The number of sulfonamides is 1. The van der Waals surface area contributed by atoms with Gasteiger partial charge in [0.2, 0.25) is 10.0 Å². The molecule has 0 unspecified atom stereocenters. The quantitative estimate of drug-likeness (QED) is 0.861. The Labute approximate surface area is 122 Å². The van der Waals surface area contributed by atoms with Gasteiger partial charge in [-0.15, -0.1) is 0 Å². The molecule has 3 rings (SSSR count). The molecule has 2 aromatic rings. The van der Waals surface area contributed by atoms with Crippen molar-refractivity contribution in [1.82, 2.24) is 9.78 Å². The molecular weight excluding hydrogens is 292 g/mol. The summed E-state index contributed by atoms with van der Waals surface area (Å²) in [5.74, 6) is -0.197. The number of hydrogen-bond acceptors (Lipinski definition) is 4. The van der Waals surface area contributed by atoms with Crippen molar-refractivity contribution in [2.24, 2.45) is 12.2 Å². The third-order valence-corrected chi connectivity index (χ3v) is 4.36. The molecule has 0 bridgehead atoms. The lowest BCUT2D eigenvalue weighted by atomic mass is 10.2. The first-order valence-electron chi connectivity index (χ1n) is 6.33. The molecule has 2 heterocycles. The molecule has 7 nitrogen and oxygen atoms in total. The minimum atomic E-state index is -3.73. The molecule has 0 spiro atoms. The Balaban J connectivity index is 1.96. The van der Waals surface area contributed by atoms with Crippen molar-refractivity contribution in [3.8, 4) is 0 Å². The van der Waals surface area contributed by atoms with Crippen LogP contribution in [0.25, 0.3) is 0 Å². The zero-order valence-electron chi connectivity index (χ0n) is 11.4. The van der Waals surface area contributed by atoms with E-state index >= 15 is 0 Å². The number of carbonyl (C=O) groups is 1. The van der Waals surface area contributed by atoms with E-state index in [1.807, 2.05) is 0 Å². The van der Waals surface area contributed by atoms with Gasteiger partial charge in [-0.25, -0.2) is 13.6 Å². The Kier molecular flexibility index (Phi) is 3.07. The van der Waals surface area contributed by atoms with Crippen LogP contribution in [0.15, 0.2) is 35.4 Å². The van der Waals surface area contributed by atoms with Crippen molar-refractivity contribution in [3.05, 3.63) is 41.7 Å². The van der Waals surface area contributed by atoms with Gasteiger partial charge >= 0.3 is 0 Å². The molecule has 8 heteroatoms. The van der Waals surface area contributed by atoms with E-state index in [1.165, 1.54) is 12.1 Å². The van der Waals surface area contributed by atoms with Gasteiger partial charge in [0.1, 0.15) is 0 Å². The van der Waals surface area contributed by atoms with E-state index in [4.69, 9.17) is 5.14 Å². The average molecular weight is 306 g/mol. The highest BCUT2D eigenvalue weighted by atomic mass is 32.2. The summed E-state index contributed by atoms with van der Waals surface area (Å²) in [6, 6.07) is 6.20.